The molecule has 26 rings (SSSR count). The first-order chi connectivity index (χ1) is 71.2. The number of para-hydroxylation sites is 1. The topological polar surface area (TPSA) is 19.6 Å². The van der Waals surface area contributed by atoms with E-state index in [1.807, 2.05) is 76.3 Å². The number of fused-ring (bicyclic) bond motifs is 18. The van der Waals surface area contributed by atoms with Crippen LogP contribution in [-0.4, -0.2) is 0 Å². The highest BCUT2D eigenvalue weighted by Crippen LogP contribution is 2.66. The summed E-state index contributed by atoms with van der Waals surface area (Å²) in [6.07, 6.45) is 7.46. The number of nitrogens with zero attached hydrogens (tertiary/aromatic N) is 2. The van der Waals surface area contributed by atoms with Gasteiger partial charge in [-0.25, -0.2) is 17.6 Å². The van der Waals surface area contributed by atoms with Crippen LogP contribution in [0.1, 0.15) is 158 Å². The van der Waals surface area contributed by atoms with E-state index in [2.05, 4.69) is 402 Å². The lowest BCUT2D eigenvalue weighted by atomic mass is 9.66. The molecule has 5 aliphatic carbocycles. The van der Waals surface area contributed by atoms with Crippen molar-refractivity contribution in [3.8, 4) is 66.8 Å². The van der Waals surface area contributed by atoms with Gasteiger partial charge in [-0.3, -0.25) is 0 Å². The molecule has 0 radical (unpaired) electrons. The number of rotatable bonds is 19. The Balaban J connectivity index is 0.681. The first-order valence-corrected chi connectivity index (χ1v) is 50.0. The smallest absolute Gasteiger partial charge is 0.159 e. The monoisotopic (exact) mass is 1890 g/mol. The van der Waals surface area contributed by atoms with Crippen molar-refractivity contribution in [2.24, 2.45) is 0 Å². The molecule has 0 spiro atoms. The SMILES string of the molecule is C=Cc1ccc(C2(c3ccc(C)c(F)c3)c3ccccc3-c3ccc(N(c4ccc5c(c4)C(c4ccc(C=C)cc4)(c4ccc(C)c(F)c4)c4ccccc4-5)c4cccc5c4oc4ccc(-c6ccc7c(c6)C(c6ccc(C=C)cc6)(c6ccc(F)cc6C)c6cc(N(c8ccc9c(c8)C(C)(C)c8ccccc8-9)c8ccc9c(c8)C(c8ccc(C=C)cc8)(c8ccc(F)cc8C)c8ccccc8-9)ccc6-7)cc45)cc32)cc1. The van der Waals surface area contributed by atoms with E-state index in [4.69, 9.17) is 4.42 Å². The Labute approximate surface area is 848 Å². The van der Waals surface area contributed by atoms with Crippen molar-refractivity contribution < 1.29 is 22.0 Å². The number of halogens is 4. The van der Waals surface area contributed by atoms with Gasteiger partial charge in [0, 0.05) is 44.6 Å². The molecule has 5 aliphatic rings. The molecule has 698 valence electrons. The molecule has 0 fully saturated rings. The van der Waals surface area contributed by atoms with E-state index in [0.29, 0.717) is 22.3 Å². The van der Waals surface area contributed by atoms with Crippen LogP contribution in [0.5, 0.6) is 0 Å². The molecule has 0 amide bonds. The molecular formula is C139H98F4N2O. The Bertz CT molecular complexity index is 8960. The molecule has 21 aromatic rings. The second-order valence-electron chi connectivity index (χ2n) is 40.5. The Hall–Kier alpha value is -17.5. The average Bonchev–Trinajstić information content (AvgIpc) is 1.56. The third-order valence-corrected chi connectivity index (χ3v) is 32.8. The normalized spacial score (nSPS) is 16.8. The minimum atomic E-state index is -1.11. The van der Waals surface area contributed by atoms with Crippen molar-refractivity contribution in [1.82, 2.24) is 0 Å². The standard InChI is InChI=1S/C139H98F4N2O/c1-11-87-36-48-93(49-37-87)136(97-46-34-83(5)130(142)76-97)121-30-20-16-25-107(121)112-67-61-104(81-126(112)136)145(105-62-68-113-108-26-17-21-31-122(108)137(127(113)82-105,94-50-38-88(12-2)39-51-94)98-47-35-84(6)131(143)77-98)132-33-23-28-116-117-74-91(45-71-133(117)146-134(116)132)92-44-63-111-115-66-60-103(80-129(115)139(125(111)75-92,96-54-42-90(14-4)43-55-96)119-70-57-100(141)73-86(119)8)144(101-58-64-110-106-24-15-19-29-120(106)135(9,10)124(110)78-101)102-59-65-114-109-27-18-22-32-123(109)138(128(114)79-102,95-52-40-89(13-3)41-53-95)118-69-56-99(140)72-85(118)7/h11-82H,1-4H2,5-10H3. The van der Waals surface area contributed by atoms with E-state index < -0.39 is 21.7 Å². The predicted molar refractivity (Wildman–Crippen MR) is 594 cm³/mol. The van der Waals surface area contributed by atoms with Crippen LogP contribution >= 0.6 is 0 Å². The summed E-state index contributed by atoms with van der Waals surface area (Å²) in [4.78, 5) is 4.76. The van der Waals surface area contributed by atoms with Gasteiger partial charge in [-0.2, -0.15) is 0 Å². The van der Waals surface area contributed by atoms with Gasteiger partial charge in [-0.05, 0) is 360 Å². The van der Waals surface area contributed by atoms with Crippen LogP contribution < -0.4 is 9.80 Å². The maximum atomic E-state index is 17.0. The highest BCUT2D eigenvalue weighted by atomic mass is 19.1. The largest absolute Gasteiger partial charge is 0.454 e. The van der Waals surface area contributed by atoms with Crippen LogP contribution in [0.15, 0.2) is 443 Å². The molecule has 7 heteroatoms. The molecule has 0 aliphatic heterocycles. The zero-order chi connectivity index (χ0) is 99.3. The Kier molecular flexibility index (Phi) is 20.2. The van der Waals surface area contributed by atoms with Crippen LogP contribution in [0, 0.1) is 51.0 Å². The lowest BCUT2D eigenvalue weighted by Gasteiger charge is -2.37. The van der Waals surface area contributed by atoms with Crippen molar-refractivity contribution in [1.29, 1.82) is 0 Å². The van der Waals surface area contributed by atoms with Crippen LogP contribution in [0.25, 0.3) is 113 Å². The quantitative estimate of drug-likeness (QED) is 0.0753. The van der Waals surface area contributed by atoms with Gasteiger partial charge in [0.25, 0.3) is 0 Å². The molecule has 4 atom stereocenters. The zero-order valence-electron chi connectivity index (χ0n) is 81.7. The van der Waals surface area contributed by atoms with Crippen molar-refractivity contribution in [2.45, 2.75) is 68.6 Å². The summed E-state index contributed by atoms with van der Waals surface area (Å²) in [7, 11) is 0. The van der Waals surface area contributed by atoms with Crippen LogP contribution in [0.4, 0.5) is 51.7 Å². The van der Waals surface area contributed by atoms with E-state index in [9.17, 15) is 0 Å². The third-order valence-electron chi connectivity index (χ3n) is 32.8. The van der Waals surface area contributed by atoms with Gasteiger partial charge >= 0.3 is 0 Å². The summed E-state index contributed by atoms with van der Waals surface area (Å²) in [5, 5.41) is 1.76. The fourth-order valence-electron chi connectivity index (χ4n) is 26.0. The van der Waals surface area contributed by atoms with Crippen molar-refractivity contribution >= 4 is 80.4 Å². The lowest BCUT2D eigenvalue weighted by molar-refractivity contribution is 0.611. The number of anilines is 6. The van der Waals surface area contributed by atoms with Crippen LogP contribution in [-0.2, 0) is 27.1 Å². The summed E-state index contributed by atoms with van der Waals surface area (Å²) >= 11 is 0. The second-order valence-corrected chi connectivity index (χ2v) is 40.5. The number of hydrogen-bond acceptors (Lipinski definition) is 3. The number of hydrogen-bond donors (Lipinski definition) is 0. The number of benzene rings is 20. The number of furan rings is 1. The molecule has 1 aromatic heterocycles. The fraction of sp³-hybridized carbons (Fsp3) is 0.0791. The van der Waals surface area contributed by atoms with Gasteiger partial charge in [0.05, 0.1) is 27.3 Å². The molecule has 0 bridgehead atoms. The summed E-state index contributed by atoms with van der Waals surface area (Å²) in [6, 6.07) is 145. The first-order valence-electron chi connectivity index (χ1n) is 50.0. The zero-order valence-corrected chi connectivity index (χ0v) is 81.7. The van der Waals surface area contributed by atoms with Gasteiger partial charge in [-0.15, -0.1) is 0 Å². The molecular weight excluding hydrogens is 1790 g/mol. The molecule has 20 aromatic carbocycles. The molecule has 0 saturated carbocycles. The molecule has 1 heterocycles. The number of aryl methyl sites for hydroxylation is 4. The predicted octanol–water partition coefficient (Wildman–Crippen LogP) is 36.3. The summed E-state index contributed by atoms with van der Waals surface area (Å²) in [5.74, 6) is -1.24. The molecule has 0 N–H and O–H groups in total. The summed E-state index contributed by atoms with van der Waals surface area (Å²) < 4.78 is 74.0. The van der Waals surface area contributed by atoms with E-state index in [1.54, 1.807) is 36.4 Å². The third kappa shape index (κ3) is 12.7. The van der Waals surface area contributed by atoms with E-state index in [0.717, 1.165) is 223 Å². The average molecular weight is 1890 g/mol. The summed E-state index contributed by atoms with van der Waals surface area (Å²) in [5.41, 5.74) is 39.2. The van der Waals surface area contributed by atoms with Crippen LogP contribution in [0.3, 0.4) is 0 Å². The van der Waals surface area contributed by atoms with Crippen molar-refractivity contribution in [2.75, 3.05) is 9.80 Å². The van der Waals surface area contributed by atoms with Crippen molar-refractivity contribution in [3.63, 3.8) is 0 Å². The summed E-state index contributed by atoms with van der Waals surface area (Å²) in [6.45, 7) is 29.1. The van der Waals surface area contributed by atoms with Gasteiger partial charge < -0.3 is 14.2 Å². The van der Waals surface area contributed by atoms with Gasteiger partial charge in [0.2, 0.25) is 0 Å². The van der Waals surface area contributed by atoms with Crippen molar-refractivity contribution in [3.05, 3.63) is 607 Å². The van der Waals surface area contributed by atoms with Gasteiger partial charge in [0.15, 0.2) is 5.58 Å². The van der Waals surface area contributed by atoms with E-state index >= 15 is 17.6 Å². The van der Waals surface area contributed by atoms with E-state index in [-0.39, 0.29) is 28.7 Å². The van der Waals surface area contributed by atoms with Gasteiger partial charge in [0.1, 0.15) is 28.9 Å². The second kappa shape index (κ2) is 33.3. The molecule has 0 saturated heterocycles. The van der Waals surface area contributed by atoms with Crippen LogP contribution in [0.2, 0.25) is 0 Å². The fourth-order valence-corrected chi connectivity index (χ4v) is 26.0. The lowest BCUT2D eigenvalue weighted by Crippen LogP contribution is -2.30. The van der Waals surface area contributed by atoms with E-state index in [1.165, 1.54) is 22.3 Å². The minimum absolute atomic E-state index is 0.301. The molecule has 4 unspecified atom stereocenters. The highest BCUT2D eigenvalue weighted by Gasteiger charge is 2.53. The maximum Gasteiger partial charge on any atom is 0.159 e. The molecule has 3 nitrogen and oxygen atoms in total. The maximum absolute atomic E-state index is 17.0. The minimum Gasteiger partial charge on any atom is -0.454 e. The first kappa shape index (κ1) is 88.6. The molecule has 146 heavy (non-hydrogen) atoms. The van der Waals surface area contributed by atoms with Gasteiger partial charge in [-0.1, -0.05) is 356 Å². The Morgan fingerprint density at radius 2 is 0.555 bits per heavy atom. The highest BCUT2D eigenvalue weighted by molar-refractivity contribution is 6.12. The Morgan fingerprint density at radius 1 is 0.233 bits per heavy atom. The Morgan fingerprint density at radius 3 is 0.966 bits per heavy atom.